The molecular formula is C20H15F3N2O2. The average Bonchev–Trinajstić information content (AvgIpc) is 2.76. The van der Waals surface area contributed by atoms with Crippen molar-refractivity contribution < 1.29 is 23.1 Å². The minimum Gasteiger partial charge on any atom is -0.384 e. The van der Waals surface area contributed by atoms with E-state index in [9.17, 15) is 18.0 Å². The normalized spacial score (nSPS) is 13.7. The number of hydrogen-bond donors (Lipinski definition) is 2. The number of aliphatic hydroxyl groups is 1. The third-order valence-corrected chi connectivity index (χ3v) is 4.01. The number of aryl methyl sites for hydroxylation is 1. The van der Waals surface area contributed by atoms with Crippen LogP contribution < -0.4 is 5.32 Å². The number of fused-ring (bicyclic) bond motifs is 1. The van der Waals surface area contributed by atoms with Gasteiger partial charge in [0.25, 0.3) is 0 Å². The Bertz CT molecular complexity index is 999. The second-order valence-electron chi connectivity index (χ2n) is 6.01. The van der Waals surface area contributed by atoms with Gasteiger partial charge in [0.05, 0.1) is 29.1 Å². The van der Waals surface area contributed by atoms with E-state index in [1.807, 2.05) is 0 Å². The molecule has 7 heteroatoms. The molecule has 2 aromatic carbocycles. The number of benzene rings is 2. The Hall–Kier alpha value is -3.11. The number of aliphatic imine (C=N–C) groups is 1. The molecule has 1 amide bonds. The monoisotopic (exact) mass is 372 g/mol. The van der Waals surface area contributed by atoms with Crippen molar-refractivity contribution in [1.29, 1.82) is 0 Å². The molecule has 3 rings (SSSR count). The molecule has 1 aliphatic heterocycles. The van der Waals surface area contributed by atoms with Crippen LogP contribution in [-0.2, 0) is 11.0 Å². The lowest BCUT2D eigenvalue weighted by Gasteiger charge is -2.13. The third-order valence-electron chi connectivity index (χ3n) is 4.01. The molecule has 138 valence electrons. The Morgan fingerprint density at radius 2 is 2.04 bits per heavy atom. The fraction of sp³-hybridized carbons (Fsp3) is 0.200. The van der Waals surface area contributed by atoms with Crippen LogP contribution in [0.15, 0.2) is 41.4 Å². The van der Waals surface area contributed by atoms with Gasteiger partial charge in [-0.1, -0.05) is 24.0 Å². The van der Waals surface area contributed by atoms with Crippen LogP contribution in [0.5, 0.6) is 0 Å². The topological polar surface area (TPSA) is 61.7 Å². The summed E-state index contributed by atoms with van der Waals surface area (Å²) in [6.45, 7) is 1.08. The molecule has 2 N–H and O–H groups in total. The van der Waals surface area contributed by atoms with Crippen LogP contribution >= 0.6 is 0 Å². The Morgan fingerprint density at radius 3 is 2.74 bits per heavy atom. The van der Waals surface area contributed by atoms with Gasteiger partial charge in [0.15, 0.2) is 0 Å². The minimum absolute atomic E-state index is 0.0306. The van der Waals surface area contributed by atoms with E-state index in [2.05, 4.69) is 22.2 Å². The zero-order chi connectivity index (χ0) is 19.6. The number of aliphatic hydroxyl groups excluding tert-OH is 1. The van der Waals surface area contributed by atoms with Crippen LogP contribution in [0.3, 0.4) is 0 Å². The highest BCUT2D eigenvalue weighted by molar-refractivity contribution is 6.17. The summed E-state index contributed by atoms with van der Waals surface area (Å²) < 4.78 is 39.4. The van der Waals surface area contributed by atoms with Crippen molar-refractivity contribution in [3.8, 4) is 11.8 Å². The molecule has 0 spiro atoms. The van der Waals surface area contributed by atoms with E-state index in [0.717, 1.165) is 6.07 Å². The van der Waals surface area contributed by atoms with Crippen molar-refractivity contribution in [1.82, 2.24) is 0 Å². The van der Waals surface area contributed by atoms with Crippen LogP contribution in [0.25, 0.3) is 0 Å². The van der Waals surface area contributed by atoms with E-state index in [1.165, 1.54) is 13.0 Å². The lowest BCUT2D eigenvalue weighted by Crippen LogP contribution is -2.15. The van der Waals surface area contributed by atoms with Gasteiger partial charge in [0, 0.05) is 5.56 Å². The zero-order valence-electron chi connectivity index (χ0n) is 14.3. The maximum absolute atomic E-state index is 13.1. The van der Waals surface area contributed by atoms with Crippen molar-refractivity contribution in [3.05, 3.63) is 58.7 Å². The quantitative estimate of drug-likeness (QED) is 0.748. The molecule has 27 heavy (non-hydrogen) atoms. The van der Waals surface area contributed by atoms with Gasteiger partial charge < -0.3 is 10.4 Å². The van der Waals surface area contributed by atoms with Crippen LogP contribution in [-0.4, -0.2) is 23.3 Å². The first-order chi connectivity index (χ1) is 12.8. The van der Waals surface area contributed by atoms with Crippen LogP contribution in [0.2, 0.25) is 0 Å². The van der Waals surface area contributed by atoms with Gasteiger partial charge in [-0.25, -0.2) is 0 Å². The molecule has 0 aliphatic carbocycles. The minimum atomic E-state index is -4.51. The highest BCUT2D eigenvalue weighted by atomic mass is 19.4. The highest BCUT2D eigenvalue weighted by Gasteiger charge is 2.33. The number of halogens is 3. The summed E-state index contributed by atoms with van der Waals surface area (Å²) in [5, 5.41) is 11.3. The van der Waals surface area contributed by atoms with Crippen molar-refractivity contribution in [2.75, 3.05) is 11.9 Å². The number of carbonyl (C=O) groups excluding carboxylic acids is 1. The summed E-state index contributed by atoms with van der Waals surface area (Å²) in [6.07, 6.45) is -4.59. The SMILES string of the molecule is Cc1cc2c(cc1C(F)(F)F)NC(=O)CC(c1cccc(C#CCO)c1)=N2. The number of alkyl halides is 3. The molecule has 0 bridgehead atoms. The van der Waals surface area contributed by atoms with Crippen LogP contribution in [0.1, 0.15) is 28.7 Å². The first-order valence-corrected chi connectivity index (χ1v) is 8.07. The summed E-state index contributed by atoms with van der Waals surface area (Å²) in [5.41, 5.74) is 1.23. The standard InChI is InChI=1S/C20H15F3N2O2/c1-12-8-17-18(10-15(12)20(21,22)23)25-19(27)11-16(24-17)14-6-2-4-13(9-14)5-3-7-26/h2,4,6,8-10,26H,7,11H2,1H3,(H,25,27). The molecule has 0 unspecified atom stereocenters. The van der Waals surface area contributed by atoms with Gasteiger partial charge in [-0.15, -0.1) is 0 Å². The summed E-state index contributed by atoms with van der Waals surface area (Å²) in [7, 11) is 0. The van der Waals surface area contributed by atoms with E-state index < -0.39 is 17.6 Å². The third kappa shape index (κ3) is 4.18. The first kappa shape index (κ1) is 18.7. The lowest BCUT2D eigenvalue weighted by molar-refractivity contribution is -0.138. The summed E-state index contributed by atoms with van der Waals surface area (Å²) in [4.78, 5) is 16.6. The van der Waals surface area contributed by atoms with Crippen molar-refractivity contribution in [2.24, 2.45) is 4.99 Å². The molecule has 0 saturated carbocycles. The predicted octanol–water partition coefficient (Wildman–Crippen LogP) is 3.82. The van der Waals surface area contributed by atoms with Crippen LogP contribution in [0.4, 0.5) is 24.5 Å². The van der Waals surface area contributed by atoms with Crippen molar-refractivity contribution in [2.45, 2.75) is 19.5 Å². The Morgan fingerprint density at radius 1 is 1.26 bits per heavy atom. The van der Waals surface area contributed by atoms with E-state index in [4.69, 9.17) is 5.11 Å². The molecular weight excluding hydrogens is 357 g/mol. The Kier molecular flexibility index (Phi) is 5.02. The van der Waals surface area contributed by atoms with Gasteiger partial charge in [0.1, 0.15) is 6.61 Å². The highest BCUT2D eigenvalue weighted by Crippen LogP contribution is 2.39. The second kappa shape index (κ2) is 7.25. The van der Waals surface area contributed by atoms with E-state index in [-0.39, 0.29) is 30.0 Å². The molecule has 0 saturated heterocycles. The molecule has 0 fully saturated rings. The number of anilines is 1. The van der Waals surface area contributed by atoms with Gasteiger partial charge in [-0.3, -0.25) is 9.79 Å². The number of hydrogen-bond acceptors (Lipinski definition) is 3. The number of rotatable bonds is 1. The number of nitrogens with one attached hydrogen (secondary N) is 1. The fourth-order valence-corrected chi connectivity index (χ4v) is 2.81. The predicted molar refractivity (Wildman–Crippen MR) is 96.0 cm³/mol. The van der Waals surface area contributed by atoms with Crippen molar-refractivity contribution in [3.63, 3.8) is 0 Å². The Labute approximate surface area is 153 Å². The van der Waals surface area contributed by atoms with Crippen molar-refractivity contribution >= 4 is 23.0 Å². The largest absolute Gasteiger partial charge is 0.416 e. The van der Waals surface area contributed by atoms with Gasteiger partial charge in [-0.2, -0.15) is 13.2 Å². The Balaban J connectivity index is 2.09. The first-order valence-electron chi connectivity index (χ1n) is 8.07. The summed E-state index contributed by atoms with van der Waals surface area (Å²) in [5.74, 6) is 4.86. The van der Waals surface area contributed by atoms with Gasteiger partial charge in [-0.05, 0) is 42.3 Å². The molecule has 4 nitrogen and oxygen atoms in total. The molecule has 0 radical (unpaired) electrons. The maximum atomic E-state index is 13.1. The molecule has 0 atom stereocenters. The molecule has 1 heterocycles. The lowest BCUT2D eigenvalue weighted by atomic mass is 10.0. The maximum Gasteiger partial charge on any atom is 0.416 e. The molecule has 0 aromatic heterocycles. The molecule has 2 aromatic rings. The van der Waals surface area contributed by atoms with E-state index in [0.29, 0.717) is 16.8 Å². The van der Waals surface area contributed by atoms with Crippen LogP contribution in [0, 0.1) is 18.8 Å². The second-order valence-corrected chi connectivity index (χ2v) is 6.01. The number of carbonyl (C=O) groups is 1. The van der Waals surface area contributed by atoms with Gasteiger partial charge >= 0.3 is 6.18 Å². The summed E-state index contributed by atoms with van der Waals surface area (Å²) in [6, 6.07) is 9.18. The summed E-state index contributed by atoms with van der Waals surface area (Å²) >= 11 is 0. The van der Waals surface area contributed by atoms with E-state index in [1.54, 1.807) is 24.3 Å². The smallest absolute Gasteiger partial charge is 0.384 e. The van der Waals surface area contributed by atoms with E-state index >= 15 is 0 Å². The number of nitrogens with zero attached hydrogens (tertiary/aromatic N) is 1. The average molecular weight is 372 g/mol. The van der Waals surface area contributed by atoms with Gasteiger partial charge in [0.2, 0.25) is 5.91 Å². The number of amides is 1. The fourth-order valence-electron chi connectivity index (χ4n) is 2.81. The zero-order valence-corrected chi connectivity index (χ0v) is 14.3. The molecule has 1 aliphatic rings.